The number of para-hydroxylation sites is 1. The average molecular weight is 465 g/mol. The van der Waals surface area contributed by atoms with Crippen LogP contribution in [0.3, 0.4) is 0 Å². The van der Waals surface area contributed by atoms with E-state index in [2.05, 4.69) is 10.2 Å². The number of nitrogens with zero attached hydrogens (tertiary/aromatic N) is 3. The van der Waals surface area contributed by atoms with Crippen LogP contribution in [-0.2, 0) is 14.4 Å². The molecule has 8 nitrogen and oxygen atoms in total. The van der Waals surface area contributed by atoms with Crippen molar-refractivity contribution >= 4 is 29.1 Å². The van der Waals surface area contributed by atoms with Gasteiger partial charge in [-0.3, -0.25) is 14.4 Å². The molecule has 1 N–H and O–H groups in total. The van der Waals surface area contributed by atoms with Crippen molar-refractivity contribution in [2.24, 2.45) is 5.92 Å². The summed E-state index contributed by atoms with van der Waals surface area (Å²) in [4.78, 5) is 44.7. The van der Waals surface area contributed by atoms with Gasteiger partial charge in [-0.05, 0) is 37.1 Å². The minimum atomic E-state index is -0.759. The Bertz CT molecular complexity index is 1050. The van der Waals surface area contributed by atoms with Crippen LogP contribution in [0.2, 0.25) is 0 Å². The Kier molecular flexibility index (Phi) is 6.77. The summed E-state index contributed by atoms with van der Waals surface area (Å²) in [6, 6.07) is 16.9. The van der Waals surface area contributed by atoms with Crippen LogP contribution in [0, 0.1) is 5.92 Å². The minimum absolute atomic E-state index is 0.0459. The Hall–Kier alpha value is -3.55. The molecule has 0 bridgehead atoms. The molecular weight excluding hydrogens is 432 g/mol. The second kappa shape index (κ2) is 9.75. The Balaban J connectivity index is 1.52. The first-order chi connectivity index (χ1) is 16.3. The van der Waals surface area contributed by atoms with Gasteiger partial charge in [0.2, 0.25) is 11.8 Å². The van der Waals surface area contributed by atoms with E-state index in [1.807, 2.05) is 49.1 Å². The van der Waals surface area contributed by atoms with E-state index in [0.717, 1.165) is 5.69 Å². The summed E-state index contributed by atoms with van der Waals surface area (Å²) in [6.07, 6.45) is 1.07. The van der Waals surface area contributed by atoms with Crippen LogP contribution < -0.4 is 15.0 Å². The topological polar surface area (TPSA) is 82.2 Å². The Morgan fingerprint density at radius 3 is 2.41 bits per heavy atom. The molecule has 1 spiro atoms. The first-order valence-corrected chi connectivity index (χ1v) is 11.7. The van der Waals surface area contributed by atoms with Gasteiger partial charge in [0.25, 0.3) is 5.91 Å². The molecule has 0 unspecified atom stereocenters. The van der Waals surface area contributed by atoms with Crippen molar-refractivity contribution in [2.75, 3.05) is 43.6 Å². The van der Waals surface area contributed by atoms with E-state index < -0.39 is 5.54 Å². The molecule has 2 aliphatic heterocycles. The number of amides is 3. The summed E-state index contributed by atoms with van der Waals surface area (Å²) in [7, 11) is 1.57. The number of hydrogen-bond acceptors (Lipinski definition) is 5. The zero-order valence-corrected chi connectivity index (χ0v) is 20.0. The number of carbonyl (C=O) groups is 3. The maximum Gasteiger partial charge on any atom is 0.250 e. The number of piperidine rings is 1. The standard InChI is InChI=1S/C26H32N4O4/c1-19(2)24(32)28-14-12-26(13-15-28)25(33)29(18-30(26)21-9-5-4-6-10-21)17-23(31)27-20-8-7-11-22(16-20)34-3/h4-11,16,19H,12-15,17-18H2,1-3H3,(H,27,31). The first kappa shape index (κ1) is 23.6. The van der Waals surface area contributed by atoms with E-state index in [0.29, 0.717) is 44.0 Å². The molecule has 34 heavy (non-hydrogen) atoms. The van der Waals surface area contributed by atoms with Gasteiger partial charge in [-0.2, -0.15) is 0 Å². The lowest BCUT2D eigenvalue weighted by atomic mass is 9.85. The summed E-state index contributed by atoms with van der Waals surface area (Å²) < 4.78 is 5.21. The predicted molar refractivity (Wildman–Crippen MR) is 131 cm³/mol. The smallest absolute Gasteiger partial charge is 0.250 e. The monoisotopic (exact) mass is 464 g/mol. The second-order valence-electron chi connectivity index (χ2n) is 9.20. The van der Waals surface area contributed by atoms with Crippen molar-refractivity contribution in [3.63, 3.8) is 0 Å². The number of rotatable bonds is 6. The van der Waals surface area contributed by atoms with Gasteiger partial charge in [0.15, 0.2) is 0 Å². The molecule has 3 amide bonds. The molecule has 0 aliphatic carbocycles. The van der Waals surface area contributed by atoms with Crippen molar-refractivity contribution in [1.82, 2.24) is 9.80 Å². The SMILES string of the molecule is COc1cccc(NC(=O)CN2CN(c3ccccc3)C3(CCN(C(=O)C(C)C)CC3)C2=O)c1. The molecule has 2 aromatic carbocycles. The van der Waals surface area contributed by atoms with Crippen LogP contribution in [-0.4, -0.2) is 66.5 Å². The van der Waals surface area contributed by atoms with Gasteiger partial charge in [0, 0.05) is 36.4 Å². The van der Waals surface area contributed by atoms with E-state index in [9.17, 15) is 14.4 Å². The van der Waals surface area contributed by atoms with Gasteiger partial charge >= 0.3 is 0 Å². The van der Waals surface area contributed by atoms with Crippen molar-refractivity contribution in [2.45, 2.75) is 32.2 Å². The second-order valence-corrected chi connectivity index (χ2v) is 9.20. The Morgan fingerprint density at radius 2 is 1.76 bits per heavy atom. The molecule has 0 radical (unpaired) electrons. The number of benzene rings is 2. The summed E-state index contributed by atoms with van der Waals surface area (Å²) in [5.41, 5.74) is 0.798. The number of hydrogen-bond donors (Lipinski definition) is 1. The summed E-state index contributed by atoms with van der Waals surface area (Å²) in [5, 5.41) is 2.86. The number of carbonyl (C=O) groups excluding carboxylic acids is 3. The average Bonchev–Trinajstić information content (AvgIpc) is 3.10. The quantitative estimate of drug-likeness (QED) is 0.711. The minimum Gasteiger partial charge on any atom is -0.497 e. The first-order valence-electron chi connectivity index (χ1n) is 11.7. The normalized spacial score (nSPS) is 17.4. The van der Waals surface area contributed by atoms with Crippen LogP contribution in [0.4, 0.5) is 11.4 Å². The fraction of sp³-hybridized carbons (Fsp3) is 0.423. The highest BCUT2D eigenvalue weighted by Crippen LogP contribution is 2.39. The Morgan fingerprint density at radius 1 is 1.06 bits per heavy atom. The number of likely N-dealkylation sites (tertiary alicyclic amines) is 1. The van der Waals surface area contributed by atoms with Gasteiger partial charge in [0.1, 0.15) is 17.8 Å². The number of nitrogens with one attached hydrogen (secondary N) is 1. The van der Waals surface area contributed by atoms with Crippen molar-refractivity contribution in [3.05, 3.63) is 54.6 Å². The molecular formula is C26H32N4O4. The van der Waals surface area contributed by atoms with Crippen LogP contribution in [0.25, 0.3) is 0 Å². The molecule has 0 atom stereocenters. The molecule has 2 saturated heterocycles. The highest BCUT2D eigenvalue weighted by molar-refractivity contribution is 5.99. The predicted octanol–water partition coefficient (Wildman–Crippen LogP) is 2.96. The molecule has 0 aromatic heterocycles. The highest BCUT2D eigenvalue weighted by atomic mass is 16.5. The number of anilines is 2. The van der Waals surface area contributed by atoms with Crippen molar-refractivity contribution < 1.29 is 19.1 Å². The van der Waals surface area contributed by atoms with E-state index >= 15 is 0 Å². The molecule has 0 saturated carbocycles. The van der Waals surface area contributed by atoms with Gasteiger partial charge in [0.05, 0.1) is 13.8 Å². The number of methoxy groups -OCH3 is 1. The molecule has 2 heterocycles. The van der Waals surface area contributed by atoms with E-state index in [1.54, 1.807) is 36.3 Å². The molecule has 2 fully saturated rings. The summed E-state index contributed by atoms with van der Waals surface area (Å²) >= 11 is 0. The van der Waals surface area contributed by atoms with Crippen LogP contribution in [0.1, 0.15) is 26.7 Å². The zero-order chi connectivity index (χ0) is 24.3. The lowest BCUT2D eigenvalue weighted by Gasteiger charge is -2.43. The van der Waals surface area contributed by atoms with Gasteiger partial charge in [-0.1, -0.05) is 38.1 Å². The number of ether oxygens (including phenoxy) is 1. The lowest BCUT2D eigenvalue weighted by molar-refractivity contribution is -0.140. The van der Waals surface area contributed by atoms with Crippen LogP contribution >= 0.6 is 0 Å². The van der Waals surface area contributed by atoms with Gasteiger partial charge in [-0.15, -0.1) is 0 Å². The highest BCUT2D eigenvalue weighted by Gasteiger charge is 2.54. The maximum absolute atomic E-state index is 13.7. The fourth-order valence-corrected chi connectivity index (χ4v) is 4.86. The van der Waals surface area contributed by atoms with Crippen molar-refractivity contribution in [3.8, 4) is 5.75 Å². The van der Waals surface area contributed by atoms with Crippen LogP contribution in [0.5, 0.6) is 5.75 Å². The van der Waals surface area contributed by atoms with E-state index in [1.165, 1.54) is 0 Å². The fourth-order valence-electron chi connectivity index (χ4n) is 4.86. The third-order valence-corrected chi connectivity index (χ3v) is 6.67. The zero-order valence-electron chi connectivity index (χ0n) is 20.0. The van der Waals surface area contributed by atoms with Crippen molar-refractivity contribution in [1.29, 1.82) is 0 Å². The molecule has 2 aromatic rings. The largest absolute Gasteiger partial charge is 0.497 e. The van der Waals surface area contributed by atoms with Gasteiger partial charge < -0.3 is 24.8 Å². The van der Waals surface area contributed by atoms with Gasteiger partial charge in [-0.25, -0.2) is 0 Å². The summed E-state index contributed by atoms with van der Waals surface area (Å²) in [5.74, 6) is 0.358. The van der Waals surface area contributed by atoms with E-state index in [-0.39, 0.29) is 30.2 Å². The van der Waals surface area contributed by atoms with Crippen LogP contribution in [0.15, 0.2) is 54.6 Å². The third-order valence-electron chi connectivity index (χ3n) is 6.67. The molecule has 4 rings (SSSR count). The lowest BCUT2D eigenvalue weighted by Crippen LogP contribution is -2.57. The maximum atomic E-state index is 13.7. The third kappa shape index (κ3) is 4.58. The summed E-state index contributed by atoms with van der Waals surface area (Å²) in [6.45, 7) is 5.12. The Labute approximate surface area is 200 Å². The molecule has 8 heteroatoms. The molecule has 180 valence electrons. The molecule has 2 aliphatic rings. The van der Waals surface area contributed by atoms with E-state index in [4.69, 9.17) is 4.74 Å².